The minimum absolute atomic E-state index is 0.150. The zero-order valence-electron chi connectivity index (χ0n) is 13.0. The van der Waals surface area contributed by atoms with Gasteiger partial charge in [-0.2, -0.15) is 0 Å². The molecule has 2 N–H and O–H groups in total. The van der Waals surface area contributed by atoms with E-state index in [0.29, 0.717) is 27.9 Å². The van der Waals surface area contributed by atoms with Crippen LogP contribution in [0.2, 0.25) is 0 Å². The van der Waals surface area contributed by atoms with Gasteiger partial charge in [0, 0.05) is 23.6 Å². The molecule has 3 rings (SSSR count). The molecule has 0 spiro atoms. The molecule has 0 aliphatic carbocycles. The number of methoxy groups -OCH3 is 1. The second-order valence-corrected chi connectivity index (χ2v) is 6.17. The van der Waals surface area contributed by atoms with Gasteiger partial charge in [0.15, 0.2) is 0 Å². The van der Waals surface area contributed by atoms with E-state index in [2.05, 4.69) is 26.2 Å². The van der Waals surface area contributed by atoms with E-state index in [9.17, 15) is 9.50 Å². The summed E-state index contributed by atoms with van der Waals surface area (Å²) in [4.78, 5) is 4.44. The number of rotatable bonds is 5. The van der Waals surface area contributed by atoms with E-state index < -0.39 is 0 Å². The molecule has 4 nitrogen and oxygen atoms in total. The normalized spacial score (nSPS) is 10.8. The number of hydrogen-bond acceptors (Lipinski definition) is 4. The van der Waals surface area contributed by atoms with Crippen LogP contribution in [0.1, 0.15) is 11.1 Å². The standard InChI is InChI=1S/C18H16BrFN2O2/c1-24-14-4-2-11(3-5-14)9-21-18-13(10-23)6-12-7-15(19)16(20)8-17(12)22-18/h2-8,23H,9-10H2,1H3,(H,21,22). The highest BCUT2D eigenvalue weighted by Gasteiger charge is 2.09. The Labute approximate surface area is 147 Å². The lowest BCUT2D eigenvalue weighted by molar-refractivity contribution is 0.282. The number of anilines is 1. The number of benzene rings is 2. The van der Waals surface area contributed by atoms with Crippen LogP contribution in [0.5, 0.6) is 5.75 Å². The van der Waals surface area contributed by atoms with E-state index in [1.807, 2.05) is 30.3 Å². The summed E-state index contributed by atoms with van der Waals surface area (Å²) in [7, 11) is 1.62. The molecular formula is C18H16BrFN2O2. The minimum Gasteiger partial charge on any atom is -0.497 e. The molecule has 0 amide bonds. The van der Waals surface area contributed by atoms with Crippen molar-refractivity contribution in [2.24, 2.45) is 0 Å². The van der Waals surface area contributed by atoms with Crippen molar-refractivity contribution in [1.82, 2.24) is 4.98 Å². The van der Waals surface area contributed by atoms with Crippen LogP contribution < -0.4 is 10.1 Å². The van der Waals surface area contributed by atoms with Crippen molar-refractivity contribution in [2.75, 3.05) is 12.4 Å². The van der Waals surface area contributed by atoms with E-state index in [-0.39, 0.29) is 12.4 Å². The summed E-state index contributed by atoms with van der Waals surface area (Å²) in [6.07, 6.45) is 0. The van der Waals surface area contributed by atoms with Gasteiger partial charge in [0.1, 0.15) is 17.4 Å². The van der Waals surface area contributed by atoms with Gasteiger partial charge >= 0.3 is 0 Å². The van der Waals surface area contributed by atoms with Gasteiger partial charge in [-0.15, -0.1) is 0 Å². The third kappa shape index (κ3) is 3.49. The topological polar surface area (TPSA) is 54.4 Å². The molecule has 0 radical (unpaired) electrons. The number of halogens is 2. The molecule has 0 saturated heterocycles. The molecule has 1 aromatic heterocycles. The first-order chi connectivity index (χ1) is 11.6. The van der Waals surface area contributed by atoms with Gasteiger partial charge in [-0.1, -0.05) is 12.1 Å². The van der Waals surface area contributed by atoms with Crippen LogP contribution in [-0.2, 0) is 13.2 Å². The fourth-order valence-corrected chi connectivity index (χ4v) is 2.78. The Kier molecular flexibility index (Phi) is 4.97. The number of nitrogens with zero attached hydrogens (tertiary/aromatic N) is 1. The zero-order chi connectivity index (χ0) is 17.1. The molecule has 0 aliphatic rings. The van der Waals surface area contributed by atoms with Crippen molar-refractivity contribution in [3.63, 3.8) is 0 Å². The van der Waals surface area contributed by atoms with Gasteiger partial charge in [-0.05, 0) is 45.8 Å². The van der Waals surface area contributed by atoms with Crippen LogP contribution in [0.15, 0.2) is 46.9 Å². The highest BCUT2D eigenvalue weighted by molar-refractivity contribution is 9.10. The van der Waals surface area contributed by atoms with Crippen molar-refractivity contribution < 1.29 is 14.2 Å². The first kappa shape index (κ1) is 16.7. The summed E-state index contributed by atoms with van der Waals surface area (Å²) in [5.41, 5.74) is 2.24. The van der Waals surface area contributed by atoms with Gasteiger partial charge in [-0.3, -0.25) is 0 Å². The largest absolute Gasteiger partial charge is 0.497 e. The van der Waals surface area contributed by atoms with E-state index >= 15 is 0 Å². The molecule has 1 heterocycles. The molecule has 0 fully saturated rings. The quantitative estimate of drug-likeness (QED) is 0.683. The Hall–Kier alpha value is -2.18. The Morgan fingerprint density at radius 3 is 2.62 bits per heavy atom. The summed E-state index contributed by atoms with van der Waals surface area (Å²) < 4.78 is 19.2. The Morgan fingerprint density at radius 1 is 1.21 bits per heavy atom. The second kappa shape index (κ2) is 7.15. The third-order valence-electron chi connectivity index (χ3n) is 3.73. The summed E-state index contributed by atoms with van der Waals surface area (Å²) in [6, 6.07) is 12.5. The lowest BCUT2D eigenvalue weighted by Gasteiger charge is -2.12. The molecule has 124 valence electrons. The van der Waals surface area contributed by atoms with Gasteiger partial charge < -0.3 is 15.2 Å². The maximum absolute atomic E-state index is 13.7. The average molecular weight is 391 g/mol. The predicted octanol–water partition coefficient (Wildman–Crippen LogP) is 4.25. The summed E-state index contributed by atoms with van der Waals surface area (Å²) >= 11 is 3.16. The molecule has 0 aliphatic heterocycles. The van der Waals surface area contributed by atoms with E-state index in [0.717, 1.165) is 16.7 Å². The average Bonchev–Trinajstić information content (AvgIpc) is 2.61. The molecule has 0 atom stereocenters. The highest BCUT2D eigenvalue weighted by Crippen LogP contribution is 2.26. The van der Waals surface area contributed by atoms with Crippen LogP contribution >= 0.6 is 15.9 Å². The number of nitrogens with one attached hydrogen (secondary N) is 1. The van der Waals surface area contributed by atoms with E-state index in [1.54, 1.807) is 13.2 Å². The van der Waals surface area contributed by atoms with Gasteiger partial charge in [-0.25, -0.2) is 9.37 Å². The molecule has 6 heteroatoms. The van der Waals surface area contributed by atoms with Crippen molar-refractivity contribution in [2.45, 2.75) is 13.2 Å². The van der Waals surface area contributed by atoms with Crippen LogP contribution in [0.25, 0.3) is 10.9 Å². The van der Waals surface area contributed by atoms with Gasteiger partial charge in [0.05, 0.1) is 23.7 Å². The van der Waals surface area contributed by atoms with Crippen LogP contribution in [-0.4, -0.2) is 17.2 Å². The summed E-state index contributed by atoms with van der Waals surface area (Å²) in [5, 5.41) is 13.5. The second-order valence-electron chi connectivity index (χ2n) is 5.31. The number of fused-ring (bicyclic) bond motifs is 1. The number of aromatic nitrogens is 1. The Bertz CT molecular complexity index is 869. The zero-order valence-corrected chi connectivity index (χ0v) is 14.6. The lowest BCUT2D eigenvalue weighted by atomic mass is 10.1. The monoisotopic (exact) mass is 390 g/mol. The maximum Gasteiger partial charge on any atom is 0.139 e. The smallest absolute Gasteiger partial charge is 0.139 e. The lowest BCUT2D eigenvalue weighted by Crippen LogP contribution is -2.05. The van der Waals surface area contributed by atoms with Gasteiger partial charge in [0.2, 0.25) is 0 Å². The molecule has 0 saturated carbocycles. The Balaban J connectivity index is 1.88. The maximum atomic E-state index is 13.7. The fourth-order valence-electron chi connectivity index (χ4n) is 2.42. The molecule has 2 aromatic carbocycles. The molecule has 3 aromatic rings. The third-order valence-corrected chi connectivity index (χ3v) is 4.33. The summed E-state index contributed by atoms with van der Waals surface area (Å²) in [6.45, 7) is 0.386. The molecule has 24 heavy (non-hydrogen) atoms. The fraction of sp³-hybridized carbons (Fsp3) is 0.167. The first-order valence-electron chi connectivity index (χ1n) is 7.37. The van der Waals surface area contributed by atoms with Crippen molar-refractivity contribution >= 4 is 32.7 Å². The predicted molar refractivity (Wildman–Crippen MR) is 95.6 cm³/mol. The van der Waals surface area contributed by atoms with E-state index in [1.165, 1.54) is 6.07 Å². The van der Waals surface area contributed by atoms with Crippen LogP contribution in [0, 0.1) is 5.82 Å². The van der Waals surface area contributed by atoms with Crippen LogP contribution in [0.3, 0.4) is 0 Å². The summed E-state index contributed by atoms with van der Waals surface area (Å²) in [5.74, 6) is 0.968. The minimum atomic E-state index is -0.368. The van der Waals surface area contributed by atoms with Crippen molar-refractivity contribution in [3.05, 3.63) is 63.9 Å². The first-order valence-corrected chi connectivity index (χ1v) is 8.16. The van der Waals surface area contributed by atoms with Crippen molar-refractivity contribution in [3.8, 4) is 5.75 Å². The molecule has 0 bridgehead atoms. The SMILES string of the molecule is COc1ccc(CNc2nc3cc(F)c(Br)cc3cc2CO)cc1. The number of aliphatic hydroxyl groups is 1. The number of aliphatic hydroxyl groups excluding tert-OH is 1. The number of hydrogen-bond donors (Lipinski definition) is 2. The molecule has 0 unspecified atom stereocenters. The molecular weight excluding hydrogens is 375 g/mol. The number of pyridine rings is 1. The van der Waals surface area contributed by atoms with E-state index in [4.69, 9.17) is 4.74 Å². The highest BCUT2D eigenvalue weighted by atomic mass is 79.9. The van der Waals surface area contributed by atoms with Crippen LogP contribution in [0.4, 0.5) is 10.2 Å². The van der Waals surface area contributed by atoms with Gasteiger partial charge in [0.25, 0.3) is 0 Å². The van der Waals surface area contributed by atoms with Crippen molar-refractivity contribution in [1.29, 1.82) is 0 Å². The number of ether oxygens (including phenoxy) is 1. The Morgan fingerprint density at radius 2 is 1.96 bits per heavy atom.